The van der Waals surface area contributed by atoms with E-state index in [4.69, 9.17) is 54.0 Å². The molecule has 3 heterocycles. The molecule has 3 aliphatic heterocycles. The Balaban J connectivity index is 0.000000391. The number of aliphatic hydroxyl groups excluding tert-OH is 12. The Hall–Kier alpha value is -1.78. The standard InChI is InChI=1S/2C10H18O8.C10H20O6/c1-4(2-6(12)13)17-10-9(16)8(15)7(14)5(3-11)18-10;1-2-4(9(15)16)17-10-8(14)7(13)6(12)5(3-11)18-10;1-3-5(2)15-10-9(14)8(13)7(12)6(4-11)16-10/h4-5,7-11,14-16H,2-3H2,1H3,(H,12,13);4-8,10-14H,2-3H2,1H3,(H,15,16);5-14H,3-4H2,1-2H3/t4-,5?,7-,8+,9?,10+;4-,5?,6+,7-,8?,10-;5?,6?,7-,8+,9?,10+/m101/s1. The minimum atomic E-state index is -1.59. The smallest absolute Gasteiger partial charge is 0.332 e. The third kappa shape index (κ3) is 13.8. The van der Waals surface area contributed by atoms with Gasteiger partial charge >= 0.3 is 11.9 Å². The Labute approximate surface area is 298 Å². The van der Waals surface area contributed by atoms with Crippen LogP contribution in [0.5, 0.6) is 0 Å². The van der Waals surface area contributed by atoms with E-state index in [2.05, 4.69) is 0 Å². The first-order chi connectivity index (χ1) is 24.3. The fourth-order valence-corrected chi connectivity index (χ4v) is 4.88. The van der Waals surface area contributed by atoms with E-state index in [1.807, 2.05) is 6.92 Å². The average Bonchev–Trinajstić information content (AvgIpc) is 3.10. The van der Waals surface area contributed by atoms with Crippen LogP contribution in [-0.2, 0) is 38.0 Å². The molecule has 3 fully saturated rings. The number of hydrogen-bond acceptors (Lipinski definition) is 20. The van der Waals surface area contributed by atoms with E-state index in [0.29, 0.717) is 0 Å². The number of hydrogen-bond donors (Lipinski definition) is 14. The Morgan fingerprint density at radius 3 is 1.12 bits per heavy atom. The second kappa shape index (κ2) is 23.2. The van der Waals surface area contributed by atoms with Crippen LogP contribution < -0.4 is 0 Å². The van der Waals surface area contributed by atoms with Crippen molar-refractivity contribution in [2.24, 2.45) is 0 Å². The van der Waals surface area contributed by atoms with Crippen LogP contribution >= 0.6 is 0 Å². The molecule has 52 heavy (non-hydrogen) atoms. The number of aliphatic carboxylic acids is 2. The third-order valence-electron chi connectivity index (χ3n) is 8.26. The van der Waals surface area contributed by atoms with E-state index in [0.717, 1.165) is 6.42 Å². The number of rotatable bonds is 14. The number of carbonyl (C=O) groups is 2. The normalized spacial score (nSPS) is 39.5. The average molecular weight is 769 g/mol. The molecule has 0 amide bonds. The van der Waals surface area contributed by atoms with Gasteiger partial charge in [-0.15, -0.1) is 0 Å². The molecule has 0 radical (unpaired) electrons. The van der Waals surface area contributed by atoms with Crippen LogP contribution in [0.1, 0.15) is 47.0 Å². The number of carboxylic acid groups (broad SMARTS) is 2. The van der Waals surface area contributed by atoms with Crippen LogP contribution in [0.2, 0.25) is 0 Å². The Bertz CT molecular complexity index is 1020. The summed E-state index contributed by atoms with van der Waals surface area (Å²) in [6.07, 6.45) is -21.5. The molecule has 3 saturated heterocycles. The Morgan fingerprint density at radius 1 is 0.519 bits per heavy atom. The maximum atomic E-state index is 10.8. The van der Waals surface area contributed by atoms with Crippen molar-refractivity contribution in [2.45, 2.75) is 157 Å². The molecule has 0 aromatic heterocycles. The molecule has 0 bridgehead atoms. The first-order valence-electron chi connectivity index (χ1n) is 16.6. The van der Waals surface area contributed by atoms with Crippen LogP contribution in [0.25, 0.3) is 0 Å². The van der Waals surface area contributed by atoms with E-state index in [1.54, 1.807) is 13.8 Å². The summed E-state index contributed by atoms with van der Waals surface area (Å²) in [4.78, 5) is 21.2. The molecule has 0 spiro atoms. The van der Waals surface area contributed by atoms with Gasteiger partial charge in [0.25, 0.3) is 0 Å². The van der Waals surface area contributed by atoms with E-state index in [-0.39, 0.29) is 18.9 Å². The number of ether oxygens (including phenoxy) is 6. The van der Waals surface area contributed by atoms with Crippen LogP contribution in [0.3, 0.4) is 0 Å². The van der Waals surface area contributed by atoms with E-state index < -0.39 is 136 Å². The van der Waals surface area contributed by atoms with Gasteiger partial charge in [0.2, 0.25) is 0 Å². The molecule has 18 atom stereocenters. The van der Waals surface area contributed by atoms with E-state index >= 15 is 0 Å². The highest BCUT2D eigenvalue weighted by molar-refractivity contribution is 5.72. The van der Waals surface area contributed by atoms with Gasteiger partial charge < -0.3 is 99.9 Å². The minimum absolute atomic E-state index is 0.138. The molecule has 3 rings (SSSR count). The molecule has 0 saturated carbocycles. The second-order valence-corrected chi connectivity index (χ2v) is 12.4. The summed E-state index contributed by atoms with van der Waals surface area (Å²) < 4.78 is 30.7. The van der Waals surface area contributed by atoms with E-state index in [9.17, 15) is 55.5 Å². The Morgan fingerprint density at radius 2 is 0.846 bits per heavy atom. The predicted molar refractivity (Wildman–Crippen MR) is 168 cm³/mol. The zero-order valence-electron chi connectivity index (χ0n) is 29.2. The van der Waals surface area contributed by atoms with Gasteiger partial charge in [-0.2, -0.15) is 0 Å². The SMILES string of the molecule is CCC(C)O[C@H]1OC(CO)[C@@H](O)[C@H](O)C1O.CC[C@H](O[C@H]1OC(CO)[C@@H](O)[C@H](O)C1O)C(=O)O.C[C@H](CC(=O)O)O[C@H]1OC(CO)[C@@H](O)[C@H](O)C1O. The van der Waals surface area contributed by atoms with Crippen LogP contribution in [0.15, 0.2) is 0 Å². The van der Waals surface area contributed by atoms with Gasteiger partial charge in [0.05, 0.1) is 38.4 Å². The fourth-order valence-electron chi connectivity index (χ4n) is 4.88. The summed E-state index contributed by atoms with van der Waals surface area (Å²) in [5.41, 5.74) is 0. The van der Waals surface area contributed by atoms with Gasteiger partial charge in [-0.1, -0.05) is 13.8 Å². The monoisotopic (exact) mass is 768 g/mol. The lowest BCUT2D eigenvalue weighted by atomic mass is 9.99. The molecule has 3 aliphatic rings. The molecule has 0 aromatic rings. The molecule has 22 heteroatoms. The van der Waals surface area contributed by atoms with Gasteiger partial charge in [0.1, 0.15) is 73.2 Å². The number of aliphatic hydroxyl groups is 12. The van der Waals surface area contributed by atoms with Crippen molar-refractivity contribution in [3.8, 4) is 0 Å². The van der Waals surface area contributed by atoms with Crippen molar-refractivity contribution in [1.29, 1.82) is 0 Å². The predicted octanol–water partition coefficient (Wildman–Crippen LogP) is -6.07. The minimum Gasteiger partial charge on any atom is -0.481 e. The first kappa shape index (κ1) is 48.2. The maximum absolute atomic E-state index is 10.8. The van der Waals surface area contributed by atoms with Crippen molar-refractivity contribution in [2.75, 3.05) is 19.8 Å². The molecule has 22 nitrogen and oxygen atoms in total. The van der Waals surface area contributed by atoms with Gasteiger partial charge in [0, 0.05) is 0 Å². The summed E-state index contributed by atoms with van der Waals surface area (Å²) in [5, 5.41) is 130. The highest BCUT2D eigenvalue weighted by Crippen LogP contribution is 2.25. The number of carboxylic acids is 2. The van der Waals surface area contributed by atoms with Crippen LogP contribution in [-0.4, -0.2) is 214 Å². The molecule has 0 aliphatic carbocycles. The summed E-state index contributed by atoms with van der Waals surface area (Å²) in [7, 11) is 0. The molecular weight excluding hydrogens is 712 g/mol. The quantitative estimate of drug-likeness (QED) is 0.0782. The highest BCUT2D eigenvalue weighted by atomic mass is 16.7. The maximum Gasteiger partial charge on any atom is 0.332 e. The van der Waals surface area contributed by atoms with Crippen LogP contribution in [0.4, 0.5) is 0 Å². The lowest BCUT2D eigenvalue weighted by Gasteiger charge is -2.40. The highest BCUT2D eigenvalue weighted by Gasteiger charge is 2.47. The van der Waals surface area contributed by atoms with Gasteiger partial charge in [0.15, 0.2) is 25.0 Å². The third-order valence-corrected chi connectivity index (χ3v) is 8.26. The van der Waals surface area contributed by atoms with Gasteiger partial charge in [-0.05, 0) is 26.7 Å². The summed E-state index contributed by atoms with van der Waals surface area (Å²) in [5.74, 6) is -2.30. The molecule has 14 N–H and O–H groups in total. The van der Waals surface area contributed by atoms with Crippen molar-refractivity contribution in [1.82, 2.24) is 0 Å². The fraction of sp³-hybridized carbons (Fsp3) is 0.933. The van der Waals surface area contributed by atoms with Gasteiger partial charge in [-0.25, -0.2) is 4.79 Å². The Kier molecular flexibility index (Phi) is 21.5. The van der Waals surface area contributed by atoms with Crippen molar-refractivity contribution < 1.29 is 110 Å². The second-order valence-electron chi connectivity index (χ2n) is 12.4. The zero-order chi connectivity index (χ0) is 40.0. The lowest BCUT2D eigenvalue weighted by Crippen LogP contribution is -2.60. The lowest BCUT2D eigenvalue weighted by molar-refractivity contribution is -0.310. The summed E-state index contributed by atoms with van der Waals surface area (Å²) in [6.45, 7) is 5.17. The topological polar surface area (TPSA) is 373 Å². The first-order valence-corrected chi connectivity index (χ1v) is 16.6. The van der Waals surface area contributed by atoms with Crippen LogP contribution in [0, 0.1) is 0 Å². The van der Waals surface area contributed by atoms with Crippen molar-refractivity contribution in [3.05, 3.63) is 0 Å². The summed E-state index contributed by atoms with van der Waals surface area (Å²) in [6, 6.07) is 0. The molecular formula is C30H56O22. The van der Waals surface area contributed by atoms with Gasteiger partial charge in [-0.3, -0.25) is 4.79 Å². The molecule has 0 aromatic carbocycles. The van der Waals surface area contributed by atoms with Crippen molar-refractivity contribution >= 4 is 11.9 Å². The molecule has 7 unspecified atom stereocenters. The zero-order valence-corrected chi connectivity index (χ0v) is 29.2. The largest absolute Gasteiger partial charge is 0.481 e. The summed E-state index contributed by atoms with van der Waals surface area (Å²) >= 11 is 0. The molecule has 308 valence electrons. The van der Waals surface area contributed by atoms with Crippen molar-refractivity contribution in [3.63, 3.8) is 0 Å². The van der Waals surface area contributed by atoms with E-state index in [1.165, 1.54) is 6.92 Å².